The van der Waals surface area contributed by atoms with E-state index in [0.717, 1.165) is 5.92 Å². The topological polar surface area (TPSA) is 3.24 Å². The van der Waals surface area contributed by atoms with Gasteiger partial charge in [0.05, 0.1) is 0 Å². The smallest absolute Gasteiger partial charge is 0.00222 e. The van der Waals surface area contributed by atoms with Crippen molar-refractivity contribution in [3.05, 3.63) is 0 Å². The Kier molecular flexibility index (Phi) is 8.53. The van der Waals surface area contributed by atoms with E-state index in [1.807, 2.05) is 0 Å². The summed E-state index contributed by atoms with van der Waals surface area (Å²) in [5, 5.41) is 0. The summed E-state index contributed by atoms with van der Waals surface area (Å²) in [6.45, 7) is 5.85. The molecule has 0 bridgehead atoms. The van der Waals surface area contributed by atoms with Crippen LogP contribution in [0.5, 0.6) is 0 Å². The van der Waals surface area contributed by atoms with Gasteiger partial charge in [-0.1, -0.05) is 46.0 Å². The lowest BCUT2D eigenvalue weighted by molar-refractivity contribution is 0.321. The van der Waals surface area contributed by atoms with Crippen LogP contribution in [0, 0.1) is 5.92 Å². The van der Waals surface area contributed by atoms with Gasteiger partial charge in [0.2, 0.25) is 0 Å². The molecule has 0 aromatic rings. The van der Waals surface area contributed by atoms with Gasteiger partial charge in [0, 0.05) is 0 Å². The van der Waals surface area contributed by atoms with Crippen molar-refractivity contribution in [2.24, 2.45) is 5.92 Å². The van der Waals surface area contributed by atoms with E-state index in [9.17, 15) is 0 Å². The van der Waals surface area contributed by atoms with E-state index in [2.05, 4.69) is 32.8 Å². The third-order valence-corrected chi connectivity index (χ3v) is 2.65. The summed E-state index contributed by atoms with van der Waals surface area (Å²) in [5.74, 6) is 0.979. The molecule has 0 aliphatic heterocycles. The molecule has 0 spiro atoms. The molecule has 0 heterocycles. The van der Waals surface area contributed by atoms with Gasteiger partial charge in [-0.3, -0.25) is 0 Å². The van der Waals surface area contributed by atoms with E-state index < -0.39 is 0 Å². The molecule has 13 heavy (non-hydrogen) atoms. The molecule has 0 radical (unpaired) electrons. The molecule has 1 atom stereocenters. The second kappa shape index (κ2) is 8.55. The van der Waals surface area contributed by atoms with Crippen LogP contribution in [0.1, 0.15) is 52.4 Å². The van der Waals surface area contributed by atoms with Crippen LogP contribution in [0.4, 0.5) is 0 Å². The Labute approximate surface area is 84.5 Å². The van der Waals surface area contributed by atoms with E-state index in [4.69, 9.17) is 0 Å². The highest BCUT2D eigenvalue weighted by molar-refractivity contribution is 4.60. The maximum Gasteiger partial charge on any atom is -0.00222 e. The van der Waals surface area contributed by atoms with E-state index in [0.29, 0.717) is 0 Å². The van der Waals surface area contributed by atoms with Gasteiger partial charge in [-0.25, -0.2) is 0 Å². The SMILES string of the molecule is CCCCC(CCC)CCN(C)C. The monoisotopic (exact) mass is 185 g/mol. The summed E-state index contributed by atoms with van der Waals surface area (Å²) < 4.78 is 0. The standard InChI is InChI=1S/C12H27N/c1-5-7-9-12(8-6-2)10-11-13(3)4/h12H,5-11H2,1-4H3. The molecule has 0 rings (SSSR count). The zero-order chi connectivity index (χ0) is 10.1. The maximum absolute atomic E-state index is 2.30. The predicted molar refractivity (Wildman–Crippen MR) is 61.1 cm³/mol. The molecule has 0 aromatic carbocycles. The zero-order valence-electron chi connectivity index (χ0n) is 9.97. The Morgan fingerprint density at radius 3 is 2.08 bits per heavy atom. The van der Waals surface area contributed by atoms with Gasteiger partial charge in [-0.2, -0.15) is 0 Å². The average Bonchev–Trinajstić information content (AvgIpc) is 2.09. The summed E-state index contributed by atoms with van der Waals surface area (Å²) in [5.41, 5.74) is 0. The molecule has 0 fully saturated rings. The quantitative estimate of drug-likeness (QED) is 0.559. The number of hydrogen-bond acceptors (Lipinski definition) is 1. The van der Waals surface area contributed by atoms with Crippen molar-refractivity contribution in [2.45, 2.75) is 52.4 Å². The predicted octanol–water partition coefficient (Wildman–Crippen LogP) is 3.54. The summed E-state index contributed by atoms with van der Waals surface area (Å²) in [6, 6.07) is 0. The molecule has 0 saturated carbocycles. The van der Waals surface area contributed by atoms with Crippen molar-refractivity contribution in [3.63, 3.8) is 0 Å². The Morgan fingerprint density at radius 1 is 0.923 bits per heavy atom. The largest absolute Gasteiger partial charge is 0.309 e. The lowest BCUT2D eigenvalue weighted by Gasteiger charge is -2.18. The van der Waals surface area contributed by atoms with Gasteiger partial charge in [-0.15, -0.1) is 0 Å². The molecule has 0 aliphatic rings. The van der Waals surface area contributed by atoms with Crippen molar-refractivity contribution in [1.29, 1.82) is 0 Å². The fraction of sp³-hybridized carbons (Fsp3) is 1.00. The first-order chi connectivity index (χ1) is 6.20. The average molecular weight is 185 g/mol. The minimum atomic E-state index is 0.979. The molecule has 0 aromatic heterocycles. The first-order valence-electron chi connectivity index (χ1n) is 5.85. The Hall–Kier alpha value is -0.0400. The maximum atomic E-state index is 2.30. The van der Waals surface area contributed by atoms with Crippen molar-refractivity contribution < 1.29 is 0 Å². The van der Waals surface area contributed by atoms with Crippen molar-refractivity contribution in [3.8, 4) is 0 Å². The first-order valence-corrected chi connectivity index (χ1v) is 5.85. The van der Waals surface area contributed by atoms with E-state index >= 15 is 0 Å². The molecule has 80 valence electrons. The highest BCUT2D eigenvalue weighted by Crippen LogP contribution is 2.18. The minimum absolute atomic E-state index is 0.979. The second-order valence-electron chi connectivity index (χ2n) is 4.39. The fourth-order valence-corrected chi connectivity index (χ4v) is 1.77. The van der Waals surface area contributed by atoms with Crippen LogP contribution in [0.2, 0.25) is 0 Å². The van der Waals surface area contributed by atoms with E-state index in [-0.39, 0.29) is 0 Å². The molecule has 0 amide bonds. The lowest BCUT2D eigenvalue weighted by Crippen LogP contribution is -2.16. The molecule has 1 nitrogen and oxygen atoms in total. The summed E-state index contributed by atoms with van der Waals surface area (Å²) in [7, 11) is 4.34. The third-order valence-electron chi connectivity index (χ3n) is 2.65. The van der Waals surface area contributed by atoms with Gasteiger partial charge in [0.25, 0.3) is 0 Å². The number of unbranched alkanes of at least 4 members (excludes halogenated alkanes) is 1. The van der Waals surface area contributed by atoms with E-state index in [1.54, 1.807) is 0 Å². The third kappa shape index (κ3) is 8.29. The first kappa shape index (κ1) is 13.0. The van der Waals surface area contributed by atoms with Gasteiger partial charge in [-0.05, 0) is 33.0 Å². The van der Waals surface area contributed by atoms with Crippen LogP contribution in [-0.4, -0.2) is 25.5 Å². The summed E-state index contributed by atoms with van der Waals surface area (Å²) in [6.07, 6.45) is 8.37. The molecule has 0 N–H and O–H groups in total. The second-order valence-corrected chi connectivity index (χ2v) is 4.39. The molecule has 1 unspecified atom stereocenters. The van der Waals surface area contributed by atoms with Crippen molar-refractivity contribution in [2.75, 3.05) is 20.6 Å². The Balaban J connectivity index is 3.53. The number of hydrogen-bond donors (Lipinski definition) is 0. The molecular formula is C12H27N. The fourth-order valence-electron chi connectivity index (χ4n) is 1.77. The lowest BCUT2D eigenvalue weighted by atomic mass is 9.94. The van der Waals surface area contributed by atoms with Gasteiger partial charge < -0.3 is 4.90 Å². The normalized spacial score (nSPS) is 13.6. The minimum Gasteiger partial charge on any atom is -0.309 e. The van der Waals surface area contributed by atoms with Gasteiger partial charge in [0.1, 0.15) is 0 Å². The summed E-state index contributed by atoms with van der Waals surface area (Å²) >= 11 is 0. The Bertz CT molecular complexity index is 99.3. The van der Waals surface area contributed by atoms with Gasteiger partial charge >= 0.3 is 0 Å². The molecule has 0 saturated heterocycles. The van der Waals surface area contributed by atoms with Crippen LogP contribution < -0.4 is 0 Å². The van der Waals surface area contributed by atoms with Crippen molar-refractivity contribution >= 4 is 0 Å². The van der Waals surface area contributed by atoms with Crippen LogP contribution >= 0.6 is 0 Å². The highest BCUT2D eigenvalue weighted by atomic mass is 15.0. The highest BCUT2D eigenvalue weighted by Gasteiger charge is 2.06. The molecule has 0 aliphatic carbocycles. The van der Waals surface area contributed by atoms with Crippen LogP contribution in [0.15, 0.2) is 0 Å². The summed E-state index contributed by atoms with van der Waals surface area (Å²) in [4.78, 5) is 2.30. The zero-order valence-corrected chi connectivity index (χ0v) is 9.97. The van der Waals surface area contributed by atoms with Crippen molar-refractivity contribution in [1.82, 2.24) is 4.90 Å². The number of nitrogens with zero attached hydrogens (tertiary/aromatic N) is 1. The van der Waals surface area contributed by atoms with E-state index in [1.165, 1.54) is 45.1 Å². The van der Waals surface area contributed by atoms with Crippen LogP contribution in [0.3, 0.4) is 0 Å². The van der Waals surface area contributed by atoms with Gasteiger partial charge in [0.15, 0.2) is 0 Å². The number of rotatable bonds is 8. The molecule has 1 heteroatoms. The Morgan fingerprint density at radius 2 is 1.62 bits per heavy atom. The van der Waals surface area contributed by atoms with Crippen LogP contribution in [0.25, 0.3) is 0 Å². The van der Waals surface area contributed by atoms with Crippen LogP contribution in [-0.2, 0) is 0 Å². The molecular weight excluding hydrogens is 158 g/mol.